The van der Waals surface area contributed by atoms with Crippen molar-refractivity contribution in [3.05, 3.63) is 29.3 Å². The Morgan fingerprint density at radius 3 is 2.92 bits per heavy atom. The molecule has 0 atom stereocenters. The van der Waals surface area contributed by atoms with E-state index >= 15 is 0 Å². The number of nitrogens with zero attached hydrogens (tertiary/aromatic N) is 1. The van der Waals surface area contributed by atoms with E-state index in [9.17, 15) is 0 Å². The molecule has 0 unspecified atom stereocenters. The first-order valence-corrected chi connectivity index (χ1v) is 3.85. The lowest BCUT2D eigenvalue weighted by atomic mass is 10.1. The zero-order valence-corrected chi connectivity index (χ0v) is 7.37. The molecule has 1 aromatic rings. The fourth-order valence-electron chi connectivity index (χ4n) is 0.961. The van der Waals surface area contributed by atoms with E-state index in [1.54, 1.807) is 12.1 Å². The smallest absolute Gasteiger partial charge is 0.148 e. The molecule has 2 heteroatoms. The van der Waals surface area contributed by atoms with Gasteiger partial charge in [-0.2, -0.15) is 5.26 Å². The fourth-order valence-corrected chi connectivity index (χ4v) is 0.961. The number of aryl methyl sites for hydroxylation is 1. The summed E-state index contributed by atoms with van der Waals surface area (Å²) in [7, 11) is 0. The molecule has 0 saturated carbocycles. The largest absolute Gasteiger partial charge is 0.480 e. The van der Waals surface area contributed by atoms with Gasteiger partial charge in [0.15, 0.2) is 0 Å². The maximum Gasteiger partial charge on any atom is 0.148 e. The van der Waals surface area contributed by atoms with Crippen molar-refractivity contribution >= 4 is 0 Å². The summed E-state index contributed by atoms with van der Waals surface area (Å²) >= 11 is 0. The van der Waals surface area contributed by atoms with Crippen molar-refractivity contribution < 1.29 is 4.74 Å². The standard InChI is InChI=1S/C11H9NO/c1-3-6-13-11-7-9(2)4-5-10(11)8-12/h1,4-5,7H,6H2,2H3. The summed E-state index contributed by atoms with van der Waals surface area (Å²) in [4.78, 5) is 0. The molecule has 13 heavy (non-hydrogen) atoms. The zero-order chi connectivity index (χ0) is 9.68. The molecule has 0 heterocycles. The van der Waals surface area contributed by atoms with Gasteiger partial charge in [0.25, 0.3) is 0 Å². The van der Waals surface area contributed by atoms with Gasteiger partial charge in [0.1, 0.15) is 18.4 Å². The van der Waals surface area contributed by atoms with Crippen LogP contribution in [-0.4, -0.2) is 6.61 Å². The number of hydrogen-bond acceptors (Lipinski definition) is 2. The summed E-state index contributed by atoms with van der Waals surface area (Å²) in [5.41, 5.74) is 1.56. The Morgan fingerprint density at radius 2 is 2.31 bits per heavy atom. The van der Waals surface area contributed by atoms with Crippen LogP contribution in [0.4, 0.5) is 0 Å². The number of terminal acetylenes is 1. The Hall–Kier alpha value is -1.93. The van der Waals surface area contributed by atoms with Crippen LogP contribution in [-0.2, 0) is 0 Å². The molecule has 0 aromatic heterocycles. The maximum atomic E-state index is 8.73. The lowest BCUT2D eigenvalue weighted by molar-refractivity contribution is 0.369. The van der Waals surface area contributed by atoms with E-state index in [1.807, 2.05) is 19.1 Å². The second-order valence-electron chi connectivity index (χ2n) is 2.60. The van der Waals surface area contributed by atoms with Gasteiger partial charge in [0.05, 0.1) is 5.56 Å². The molecule has 0 saturated heterocycles. The van der Waals surface area contributed by atoms with E-state index in [0.717, 1.165) is 5.56 Å². The minimum absolute atomic E-state index is 0.193. The highest BCUT2D eigenvalue weighted by atomic mass is 16.5. The predicted octanol–water partition coefficient (Wildman–Crippen LogP) is 1.88. The molecule has 1 rings (SSSR count). The van der Waals surface area contributed by atoms with Gasteiger partial charge in [-0.05, 0) is 24.6 Å². The molecule has 0 aliphatic heterocycles. The van der Waals surface area contributed by atoms with Crippen LogP contribution in [0.3, 0.4) is 0 Å². The van der Waals surface area contributed by atoms with Gasteiger partial charge in [-0.1, -0.05) is 12.0 Å². The number of rotatable bonds is 2. The van der Waals surface area contributed by atoms with Crippen LogP contribution in [0, 0.1) is 30.6 Å². The van der Waals surface area contributed by atoms with Gasteiger partial charge < -0.3 is 4.74 Å². The lowest BCUT2D eigenvalue weighted by Crippen LogP contribution is -1.96. The van der Waals surface area contributed by atoms with Gasteiger partial charge in [0, 0.05) is 0 Å². The molecule has 0 spiro atoms. The van der Waals surface area contributed by atoms with Gasteiger partial charge in [0.2, 0.25) is 0 Å². The highest BCUT2D eigenvalue weighted by Gasteiger charge is 2.01. The van der Waals surface area contributed by atoms with Crippen LogP contribution < -0.4 is 4.74 Å². The summed E-state index contributed by atoms with van der Waals surface area (Å²) in [6.07, 6.45) is 5.05. The molecule has 0 aliphatic carbocycles. The topological polar surface area (TPSA) is 33.0 Å². The first-order chi connectivity index (χ1) is 6.27. The van der Waals surface area contributed by atoms with Crippen LogP contribution in [0.2, 0.25) is 0 Å². The zero-order valence-electron chi connectivity index (χ0n) is 7.37. The first kappa shape index (κ1) is 9.16. The second-order valence-corrected chi connectivity index (χ2v) is 2.60. The number of ether oxygens (including phenoxy) is 1. The summed E-state index contributed by atoms with van der Waals surface area (Å²) in [5, 5.41) is 8.73. The maximum absolute atomic E-state index is 8.73. The van der Waals surface area contributed by atoms with Crippen molar-refractivity contribution in [3.8, 4) is 24.2 Å². The van der Waals surface area contributed by atoms with E-state index in [2.05, 4.69) is 5.92 Å². The van der Waals surface area contributed by atoms with Crippen molar-refractivity contribution in [2.45, 2.75) is 6.92 Å². The van der Waals surface area contributed by atoms with Crippen LogP contribution in [0.5, 0.6) is 5.75 Å². The number of nitriles is 1. The van der Waals surface area contributed by atoms with E-state index in [1.165, 1.54) is 0 Å². The van der Waals surface area contributed by atoms with Gasteiger partial charge in [-0.3, -0.25) is 0 Å². The molecular formula is C11H9NO. The average Bonchev–Trinajstić information content (AvgIpc) is 2.15. The summed E-state index contributed by atoms with van der Waals surface area (Å²) in [6, 6.07) is 7.43. The Morgan fingerprint density at radius 1 is 1.54 bits per heavy atom. The monoisotopic (exact) mass is 171 g/mol. The van der Waals surface area contributed by atoms with Gasteiger partial charge in [-0.25, -0.2) is 0 Å². The Labute approximate surface area is 77.8 Å². The van der Waals surface area contributed by atoms with E-state index in [0.29, 0.717) is 11.3 Å². The van der Waals surface area contributed by atoms with Crippen LogP contribution in [0.25, 0.3) is 0 Å². The van der Waals surface area contributed by atoms with Gasteiger partial charge in [-0.15, -0.1) is 6.42 Å². The number of benzene rings is 1. The third-order valence-corrected chi connectivity index (χ3v) is 1.57. The molecule has 1 aromatic carbocycles. The summed E-state index contributed by atoms with van der Waals surface area (Å²) < 4.78 is 5.20. The fraction of sp³-hybridized carbons (Fsp3) is 0.182. The Kier molecular flexibility index (Phi) is 2.95. The van der Waals surface area contributed by atoms with E-state index < -0.39 is 0 Å². The first-order valence-electron chi connectivity index (χ1n) is 3.85. The molecule has 0 N–H and O–H groups in total. The Bertz CT molecular complexity index is 382. The molecule has 64 valence electrons. The number of hydrogen-bond donors (Lipinski definition) is 0. The van der Waals surface area contributed by atoms with Crippen LogP contribution >= 0.6 is 0 Å². The molecular weight excluding hydrogens is 162 g/mol. The highest BCUT2D eigenvalue weighted by molar-refractivity contribution is 5.45. The highest BCUT2D eigenvalue weighted by Crippen LogP contribution is 2.18. The molecule has 0 bridgehead atoms. The lowest BCUT2D eigenvalue weighted by Gasteiger charge is -2.04. The van der Waals surface area contributed by atoms with Crippen molar-refractivity contribution in [2.24, 2.45) is 0 Å². The third-order valence-electron chi connectivity index (χ3n) is 1.57. The van der Waals surface area contributed by atoms with Crippen molar-refractivity contribution in [2.75, 3.05) is 6.61 Å². The summed E-state index contributed by atoms with van der Waals surface area (Å²) in [6.45, 7) is 2.13. The van der Waals surface area contributed by atoms with E-state index in [-0.39, 0.29) is 6.61 Å². The minimum atomic E-state index is 0.193. The molecule has 0 aliphatic rings. The van der Waals surface area contributed by atoms with Crippen molar-refractivity contribution in [1.29, 1.82) is 5.26 Å². The minimum Gasteiger partial charge on any atom is -0.480 e. The molecule has 2 nitrogen and oxygen atoms in total. The van der Waals surface area contributed by atoms with Crippen LogP contribution in [0.15, 0.2) is 18.2 Å². The molecule has 0 fully saturated rings. The van der Waals surface area contributed by atoms with E-state index in [4.69, 9.17) is 16.4 Å². The molecule has 0 radical (unpaired) electrons. The Balaban J connectivity index is 2.97. The quantitative estimate of drug-likeness (QED) is 0.636. The van der Waals surface area contributed by atoms with Crippen molar-refractivity contribution in [3.63, 3.8) is 0 Å². The second kappa shape index (κ2) is 4.18. The van der Waals surface area contributed by atoms with Crippen molar-refractivity contribution in [1.82, 2.24) is 0 Å². The predicted molar refractivity (Wildman–Crippen MR) is 50.2 cm³/mol. The van der Waals surface area contributed by atoms with Gasteiger partial charge >= 0.3 is 0 Å². The van der Waals surface area contributed by atoms with Crippen LogP contribution in [0.1, 0.15) is 11.1 Å². The third kappa shape index (κ3) is 2.25. The summed E-state index contributed by atoms with van der Waals surface area (Å²) in [5.74, 6) is 2.91. The SMILES string of the molecule is C#CCOc1cc(C)ccc1C#N. The average molecular weight is 171 g/mol. The normalized spacial score (nSPS) is 8.54. The molecule has 0 amide bonds.